The van der Waals surface area contributed by atoms with Gasteiger partial charge in [-0.2, -0.15) is 4.31 Å². The topological polar surface area (TPSA) is 63.4 Å². The van der Waals surface area contributed by atoms with E-state index in [2.05, 4.69) is 15.9 Å². The molecule has 0 heterocycles. The molecule has 0 spiro atoms. The Hall–Kier alpha value is -0.590. The van der Waals surface area contributed by atoms with Crippen LogP contribution < -0.4 is 5.73 Å². The number of nitrogen functional groups attached to an aromatic ring is 1. The summed E-state index contributed by atoms with van der Waals surface area (Å²) in [6.07, 6.45) is 4.26. The number of nitrogens with zero attached hydrogens (tertiary/aromatic N) is 1. The van der Waals surface area contributed by atoms with Gasteiger partial charge in [-0.05, 0) is 65.7 Å². The van der Waals surface area contributed by atoms with Crippen LogP contribution in [-0.2, 0) is 10.0 Å². The van der Waals surface area contributed by atoms with Crippen LogP contribution in [-0.4, -0.2) is 25.3 Å². The van der Waals surface area contributed by atoms with E-state index in [1.54, 1.807) is 22.5 Å². The van der Waals surface area contributed by atoms with Crippen molar-refractivity contribution in [3.63, 3.8) is 0 Å². The molecule has 19 heavy (non-hydrogen) atoms. The van der Waals surface area contributed by atoms with Crippen molar-refractivity contribution in [1.82, 2.24) is 4.31 Å². The highest BCUT2D eigenvalue weighted by Gasteiger charge is 2.41. The van der Waals surface area contributed by atoms with Crippen molar-refractivity contribution in [3.8, 4) is 0 Å². The molecule has 1 aromatic rings. The Kier molecular flexibility index (Phi) is 3.35. The van der Waals surface area contributed by atoms with E-state index in [4.69, 9.17) is 5.73 Å². The maximum atomic E-state index is 12.8. The Morgan fingerprint density at radius 1 is 1.26 bits per heavy atom. The number of hydrogen-bond donors (Lipinski definition) is 1. The molecule has 2 fully saturated rings. The van der Waals surface area contributed by atoms with E-state index < -0.39 is 10.0 Å². The van der Waals surface area contributed by atoms with E-state index >= 15 is 0 Å². The SMILES string of the molecule is Nc1ccc(Br)c(S(=O)(=O)N(CC2CC2)C2CC2)c1. The molecule has 2 N–H and O–H groups in total. The van der Waals surface area contributed by atoms with Gasteiger partial charge in [0, 0.05) is 22.7 Å². The molecule has 0 atom stereocenters. The van der Waals surface area contributed by atoms with E-state index in [0.29, 0.717) is 27.5 Å². The molecular weight excluding hydrogens is 328 g/mol. The molecule has 1 aromatic carbocycles. The van der Waals surface area contributed by atoms with Crippen LogP contribution >= 0.6 is 15.9 Å². The zero-order chi connectivity index (χ0) is 13.6. The largest absolute Gasteiger partial charge is 0.399 e. The monoisotopic (exact) mass is 344 g/mol. The molecule has 2 aliphatic rings. The molecule has 0 aliphatic heterocycles. The summed E-state index contributed by atoms with van der Waals surface area (Å²) in [4.78, 5) is 0.292. The van der Waals surface area contributed by atoms with Crippen LogP contribution in [0.3, 0.4) is 0 Å². The van der Waals surface area contributed by atoms with Crippen LogP contribution in [0.1, 0.15) is 25.7 Å². The predicted octanol–water partition coefficient (Wildman–Crippen LogP) is 2.59. The first-order valence-corrected chi connectivity index (χ1v) is 8.78. The van der Waals surface area contributed by atoms with Gasteiger partial charge in [0.15, 0.2) is 0 Å². The lowest BCUT2D eigenvalue weighted by atomic mass is 10.3. The molecule has 0 radical (unpaired) electrons. The highest BCUT2D eigenvalue weighted by atomic mass is 79.9. The third-order valence-electron chi connectivity index (χ3n) is 3.63. The second kappa shape index (κ2) is 4.75. The van der Waals surface area contributed by atoms with Gasteiger partial charge >= 0.3 is 0 Å². The second-order valence-corrected chi connectivity index (χ2v) is 8.15. The fourth-order valence-corrected chi connectivity index (χ4v) is 4.93. The van der Waals surface area contributed by atoms with Gasteiger partial charge in [0.2, 0.25) is 10.0 Å². The van der Waals surface area contributed by atoms with E-state index in [-0.39, 0.29) is 6.04 Å². The molecule has 3 rings (SSSR count). The van der Waals surface area contributed by atoms with Crippen LogP contribution in [0.15, 0.2) is 27.6 Å². The Morgan fingerprint density at radius 2 is 1.95 bits per heavy atom. The van der Waals surface area contributed by atoms with E-state index in [1.807, 2.05) is 0 Å². The van der Waals surface area contributed by atoms with Crippen molar-refractivity contribution in [3.05, 3.63) is 22.7 Å². The molecule has 0 aromatic heterocycles. The minimum Gasteiger partial charge on any atom is -0.399 e. The number of benzene rings is 1. The average molecular weight is 345 g/mol. The third kappa shape index (κ3) is 2.80. The first kappa shape index (κ1) is 13.4. The fourth-order valence-electron chi connectivity index (χ4n) is 2.20. The Balaban J connectivity index is 1.96. The van der Waals surface area contributed by atoms with Crippen LogP contribution in [0.5, 0.6) is 0 Å². The van der Waals surface area contributed by atoms with Gasteiger partial charge in [0.25, 0.3) is 0 Å². The van der Waals surface area contributed by atoms with Gasteiger partial charge in [0.1, 0.15) is 0 Å². The molecule has 4 nitrogen and oxygen atoms in total. The molecule has 104 valence electrons. The molecule has 0 saturated heterocycles. The quantitative estimate of drug-likeness (QED) is 0.835. The van der Waals surface area contributed by atoms with E-state index in [9.17, 15) is 8.42 Å². The highest BCUT2D eigenvalue weighted by molar-refractivity contribution is 9.10. The molecule has 0 amide bonds. The molecule has 0 unspecified atom stereocenters. The van der Waals surface area contributed by atoms with E-state index in [0.717, 1.165) is 25.7 Å². The summed E-state index contributed by atoms with van der Waals surface area (Å²) in [5, 5.41) is 0. The minimum atomic E-state index is -3.44. The number of hydrogen-bond acceptors (Lipinski definition) is 3. The van der Waals surface area contributed by atoms with Gasteiger partial charge in [-0.3, -0.25) is 0 Å². The number of anilines is 1. The number of nitrogens with two attached hydrogens (primary N) is 1. The predicted molar refractivity (Wildman–Crippen MR) is 78.2 cm³/mol. The summed E-state index contributed by atoms with van der Waals surface area (Å²) >= 11 is 3.32. The number of halogens is 1. The fraction of sp³-hybridized carbons (Fsp3) is 0.538. The van der Waals surface area contributed by atoms with Crippen molar-refractivity contribution in [2.75, 3.05) is 12.3 Å². The Bertz CT molecular complexity index is 595. The Morgan fingerprint density at radius 3 is 2.53 bits per heavy atom. The van der Waals surface area contributed by atoms with Crippen LogP contribution in [0.25, 0.3) is 0 Å². The molecular formula is C13H17BrN2O2S. The van der Waals surface area contributed by atoms with Crippen LogP contribution in [0.2, 0.25) is 0 Å². The van der Waals surface area contributed by atoms with Crippen molar-refractivity contribution in [2.45, 2.75) is 36.6 Å². The summed E-state index contributed by atoms with van der Waals surface area (Å²) in [7, 11) is -3.44. The lowest BCUT2D eigenvalue weighted by molar-refractivity contribution is 0.388. The third-order valence-corrected chi connectivity index (χ3v) is 6.54. The molecule has 6 heteroatoms. The molecule has 0 bridgehead atoms. The van der Waals surface area contributed by atoms with Gasteiger partial charge in [-0.1, -0.05) is 0 Å². The smallest absolute Gasteiger partial charge is 0.244 e. The van der Waals surface area contributed by atoms with Gasteiger partial charge in [-0.25, -0.2) is 8.42 Å². The van der Waals surface area contributed by atoms with Crippen LogP contribution in [0.4, 0.5) is 5.69 Å². The summed E-state index contributed by atoms with van der Waals surface area (Å²) in [6.45, 7) is 0.661. The van der Waals surface area contributed by atoms with Gasteiger partial charge < -0.3 is 5.73 Å². The van der Waals surface area contributed by atoms with Crippen LogP contribution in [0, 0.1) is 5.92 Å². The molecule has 2 aliphatic carbocycles. The average Bonchev–Trinajstić information content (AvgIpc) is 3.22. The van der Waals surface area contributed by atoms with Crippen molar-refractivity contribution in [1.29, 1.82) is 0 Å². The van der Waals surface area contributed by atoms with Crippen molar-refractivity contribution in [2.24, 2.45) is 5.92 Å². The highest BCUT2D eigenvalue weighted by Crippen LogP contribution is 2.39. The normalized spacial score (nSPS) is 19.9. The first-order valence-electron chi connectivity index (χ1n) is 6.55. The number of sulfonamides is 1. The van der Waals surface area contributed by atoms with Crippen molar-refractivity contribution >= 4 is 31.6 Å². The summed E-state index contributed by atoms with van der Waals surface area (Å²) in [5.41, 5.74) is 6.20. The van der Waals surface area contributed by atoms with Gasteiger partial charge in [0.05, 0.1) is 4.90 Å². The first-order chi connectivity index (χ1) is 8.98. The lowest BCUT2D eigenvalue weighted by Crippen LogP contribution is -2.35. The number of rotatable bonds is 5. The zero-order valence-corrected chi connectivity index (χ0v) is 13.0. The zero-order valence-electron chi connectivity index (χ0n) is 10.5. The van der Waals surface area contributed by atoms with Gasteiger partial charge in [-0.15, -0.1) is 0 Å². The Labute approximate surface area is 122 Å². The summed E-state index contributed by atoms with van der Waals surface area (Å²) in [5.74, 6) is 0.551. The maximum Gasteiger partial charge on any atom is 0.244 e. The summed E-state index contributed by atoms with van der Waals surface area (Å²) in [6, 6.07) is 5.14. The van der Waals surface area contributed by atoms with Crippen molar-refractivity contribution < 1.29 is 8.42 Å². The molecule has 2 saturated carbocycles. The lowest BCUT2D eigenvalue weighted by Gasteiger charge is -2.22. The minimum absolute atomic E-state index is 0.193. The summed E-state index contributed by atoms with van der Waals surface area (Å²) < 4.78 is 27.9. The standard InChI is InChI=1S/C13H17BrN2O2S/c14-12-6-3-10(15)7-13(12)19(17,18)16(11-4-5-11)8-9-1-2-9/h3,6-7,9,11H,1-2,4-5,8,15H2. The maximum absolute atomic E-state index is 12.8. The second-order valence-electron chi connectivity index (χ2n) is 5.44. The van der Waals surface area contributed by atoms with E-state index in [1.165, 1.54) is 0 Å².